The fourth-order valence-corrected chi connectivity index (χ4v) is 3.24. The summed E-state index contributed by atoms with van der Waals surface area (Å²) in [6.45, 7) is 5.42. The minimum atomic E-state index is -0.880. The van der Waals surface area contributed by atoms with Crippen LogP contribution in [0.15, 0.2) is 18.5 Å². The topological polar surface area (TPSA) is 92.2 Å². The van der Waals surface area contributed by atoms with Crippen molar-refractivity contribution in [2.24, 2.45) is 0 Å². The predicted molar refractivity (Wildman–Crippen MR) is 84.4 cm³/mol. The summed E-state index contributed by atoms with van der Waals surface area (Å²) in [5.74, 6) is -1.78. The molecule has 1 atom stereocenters. The Morgan fingerprint density at radius 3 is 2.68 bits per heavy atom. The second kappa shape index (κ2) is 6.65. The molecule has 0 saturated heterocycles. The van der Waals surface area contributed by atoms with Gasteiger partial charge in [0.15, 0.2) is 5.13 Å². The van der Waals surface area contributed by atoms with Crippen LogP contribution in [0.4, 0.5) is 5.13 Å². The number of aromatic nitrogens is 2. The van der Waals surface area contributed by atoms with Gasteiger partial charge >= 0.3 is 5.97 Å². The molecule has 0 aliphatic heterocycles. The lowest BCUT2D eigenvalue weighted by molar-refractivity contribution is -0.138. The first-order chi connectivity index (χ1) is 10.4. The van der Waals surface area contributed by atoms with Gasteiger partial charge in [0.1, 0.15) is 0 Å². The van der Waals surface area contributed by atoms with Crippen LogP contribution in [0.3, 0.4) is 0 Å². The van der Waals surface area contributed by atoms with Gasteiger partial charge in [0.05, 0.1) is 17.2 Å². The number of carboxylic acid groups (broad SMARTS) is 1. The second-order valence-electron chi connectivity index (χ2n) is 4.97. The fraction of sp³-hybridized carbons (Fsp3) is 0.333. The van der Waals surface area contributed by atoms with Crippen LogP contribution < -0.4 is 5.32 Å². The van der Waals surface area contributed by atoms with Crippen molar-refractivity contribution >= 4 is 28.3 Å². The Bertz CT molecular complexity index is 712. The number of thiazole rings is 1. The van der Waals surface area contributed by atoms with Crippen molar-refractivity contribution in [3.8, 4) is 0 Å². The predicted octanol–water partition coefficient (Wildman–Crippen LogP) is 2.99. The molecule has 116 valence electrons. The third kappa shape index (κ3) is 3.48. The van der Waals surface area contributed by atoms with E-state index in [2.05, 4.69) is 15.3 Å². The molecule has 22 heavy (non-hydrogen) atoms. The number of pyridine rings is 1. The lowest BCUT2D eigenvalue weighted by atomic mass is 10.0. The maximum atomic E-state index is 12.2. The van der Waals surface area contributed by atoms with E-state index in [1.165, 1.54) is 17.5 Å². The number of aliphatic carboxylic acids is 1. The Kier molecular flexibility index (Phi) is 4.87. The second-order valence-corrected chi connectivity index (χ2v) is 6.00. The van der Waals surface area contributed by atoms with Gasteiger partial charge in [-0.2, -0.15) is 0 Å². The van der Waals surface area contributed by atoms with E-state index in [9.17, 15) is 14.7 Å². The molecule has 0 bridgehead atoms. The Morgan fingerprint density at radius 2 is 2.09 bits per heavy atom. The van der Waals surface area contributed by atoms with Crippen molar-refractivity contribution in [3.63, 3.8) is 0 Å². The molecular formula is C15H17N3O3S. The van der Waals surface area contributed by atoms with Gasteiger partial charge in [-0.15, -0.1) is 11.3 Å². The highest BCUT2D eigenvalue weighted by Gasteiger charge is 2.23. The van der Waals surface area contributed by atoms with E-state index in [0.29, 0.717) is 27.7 Å². The molecule has 0 radical (unpaired) electrons. The van der Waals surface area contributed by atoms with E-state index in [1.54, 1.807) is 19.2 Å². The van der Waals surface area contributed by atoms with Crippen molar-refractivity contribution in [2.75, 3.05) is 5.32 Å². The fourth-order valence-electron chi connectivity index (χ4n) is 2.11. The Balaban J connectivity index is 2.21. The summed E-state index contributed by atoms with van der Waals surface area (Å²) >= 11 is 1.20. The molecule has 0 spiro atoms. The summed E-state index contributed by atoms with van der Waals surface area (Å²) in [4.78, 5) is 32.3. The Hall–Kier alpha value is -2.28. The van der Waals surface area contributed by atoms with Crippen molar-refractivity contribution in [1.82, 2.24) is 9.97 Å². The minimum absolute atomic E-state index is 0.306. The molecule has 2 rings (SSSR count). The summed E-state index contributed by atoms with van der Waals surface area (Å²) in [6, 6.07) is 1.73. The van der Waals surface area contributed by atoms with Gasteiger partial charge in [-0.3, -0.25) is 19.9 Å². The number of carbonyl (C=O) groups is 2. The number of rotatable bonds is 5. The maximum Gasteiger partial charge on any atom is 0.311 e. The summed E-state index contributed by atoms with van der Waals surface area (Å²) in [5.41, 5.74) is 1.97. The van der Waals surface area contributed by atoms with Gasteiger partial charge in [0, 0.05) is 17.3 Å². The van der Waals surface area contributed by atoms with Gasteiger partial charge in [-0.1, -0.05) is 6.92 Å². The number of carboxylic acids is 1. The first-order valence-electron chi connectivity index (χ1n) is 6.85. The van der Waals surface area contributed by atoms with Crippen molar-refractivity contribution in [2.45, 2.75) is 33.1 Å². The standard InChI is InChI=1S/C15H17N3O3S/c1-4-11(14(20)21)12-9(3)17-15(22-12)18-13(19)10-5-8(2)6-16-7-10/h5-7,11H,4H2,1-3H3,(H,20,21)(H,17,18,19). The summed E-state index contributed by atoms with van der Waals surface area (Å²) in [6.07, 6.45) is 3.63. The summed E-state index contributed by atoms with van der Waals surface area (Å²) in [7, 11) is 0. The molecule has 0 aromatic carbocycles. The number of carbonyl (C=O) groups excluding carboxylic acids is 1. The molecule has 2 aromatic heterocycles. The SMILES string of the molecule is CCC(C(=O)O)c1sc(NC(=O)c2cncc(C)c2)nc1C. The number of hydrogen-bond acceptors (Lipinski definition) is 5. The molecular weight excluding hydrogens is 302 g/mol. The molecule has 0 fully saturated rings. The summed E-state index contributed by atoms with van der Waals surface area (Å²) in [5, 5.41) is 12.3. The van der Waals surface area contributed by atoms with Gasteiger partial charge in [-0.05, 0) is 31.9 Å². The highest BCUT2D eigenvalue weighted by molar-refractivity contribution is 7.16. The van der Waals surface area contributed by atoms with Gasteiger partial charge in [0.2, 0.25) is 0 Å². The van der Waals surface area contributed by atoms with Gasteiger partial charge in [-0.25, -0.2) is 4.98 Å². The van der Waals surface area contributed by atoms with Gasteiger partial charge in [0.25, 0.3) is 5.91 Å². The molecule has 0 saturated carbocycles. The smallest absolute Gasteiger partial charge is 0.311 e. The monoisotopic (exact) mass is 319 g/mol. The highest BCUT2D eigenvalue weighted by atomic mass is 32.1. The summed E-state index contributed by atoms with van der Waals surface area (Å²) < 4.78 is 0. The molecule has 2 heterocycles. The zero-order chi connectivity index (χ0) is 16.3. The number of aryl methyl sites for hydroxylation is 2. The van der Waals surface area contributed by atoms with Crippen LogP contribution >= 0.6 is 11.3 Å². The lowest BCUT2D eigenvalue weighted by Gasteiger charge is -2.06. The van der Waals surface area contributed by atoms with Crippen molar-refractivity contribution < 1.29 is 14.7 Å². The first-order valence-corrected chi connectivity index (χ1v) is 7.67. The highest BCUT2D eigenvalue weighted by Crippen LogP contribution is 2.32. The van der Waals surface area contributed by atoms with E-state index in [4.69, 9.17) is 0 Å². The van der Waals surface area contributed by atoms with Crippen molar-refractivity contribution in [1.29, 1.82) is 0 Å². The van der Waals surface area contributed by atoms with Crippen LogP contribution in [0, 0.1) is 13.8 Å². The Labute approximate surface area is 132 Å². The van der Waals surface area contributed by atoms with Crippen LogP contribution in [0.25, 0.3) is 0 Å². The zero-order valence-electron chi connectivity index (χ0n) is 12.6. The Morgan fingerprint density at radius 1 is 1.36 bits per heavy atom. The number of hydrogen-bond donors (Lipinski definition) is 2. The normalized spacial score (nSPS) is 12.0. The largest absolute Gasteiger partial charge is 0.481 e. The van der Waals surface area contributed by atoms with Gasteiger partial charge < -0.3 is 5.11 Å². The number of anilines is 1. The van der Waals surface area contributed by atoms with E-state index in [1.807, 2.05) is 13.8 Å². The van der Waals surface area contributed by atoms with Crippen LogP contribution in [-0.4, -0.2) is 27.0 Å². The molecule has 0 aliphatic rings. The van der Waals surface area contributed by atoms with E-state index < -0.39 is 11.9 Å². The minimum Gasteiger partial charge on any atom is -0.481 e. The van der Waals surface area contributed by atoms with Crippen LogP contribution in [0.5, 0.6) is 0 Å². The maximum absolute atomic E-state index is 12.2. The van der Waals surface area contributed by atoms with Crippen molar-refractivity contribution in [3.05, 3.63) is 40.2 Å². The first kappa shape index (κ1) is 16.1. The molecule has 1 unspecified atom stereocenters. The zero-order valence-corrected chi connectivity index (χ0v) is 13.4. The van der Waals surface area contributed by atoms with Crippen LogP contribution in [-0.2, 0) is 4.79 Å². The average molecular weight is 319 g/mol. The van der Waals surface area contributed by atoms with Crippen LogP contribution in [0.2, 0.25) is 0 Å². The molecule has 2 N–H and O–H groups in total. The quantitative estimate of drug-likeness (QED) is 0.884. The van der Waals surface area contributed by atoms with E-state index >= 15 is 0 Å². The number of amides is 1. The third-order valence-corrected chi connectivity index (χ3v) is 4.40. The molecule has 7 heteroatoms. The van der Waals surface area contributed by atoms with E-state index in [0.717, 1.165) is 5.56 Å². The molecule has 6 nitrogen and oxygen atoms in total. The third-order valence-electron chi connectivity index (χ3n) is 3.21. The number of nitrogens with zero attached hydrogens (tertiary/aromatic N) is 2. The van der Waals surface area contributed by atoms with E-state index in [-0.39, 0.29) is 5.91 Å². The molecule has 2 aromatic rings. The molecule has 0 aliphatic carbocycles. The lowest BCUT2D eigenvalue weighted by Crippen LogP contribution is -2.12. The average Bonchev–Trinajstić information content (AvgIpc) is 2.80. The van der Waals surface area contributed by atoms with Crippen LogP contribution in [0.1, 0.15) is 45.8 Å². The molecule has 1 amide bonds. The number of nitrogens with one attached hydrogen (secondary N) is 1.